The molecular formula is C18H19BrFNOS. The Morgan fingerprint density at radius 2 is 2.13 bits per heavy atom. The number of hydrogen-bond acceptors (Lipinski definition) is 3. The molecule has 1 aliphatic rings. The van der Waals surface area contributed by atoms with Crippen molar-refractivity contribution in [3.8, 4) is 5.75 Å². The number of fused-ring (bicyclic) bond motifs is 1. The van der Waals surface area contributed by atoms with E-state index in [-0.39, 0.29) is 17.9 Å². The maximum absolute atomic E-state index is 13.6. The minimum Gasteiger partial charge on any atom is -0.496 e. The lowest BCUT2D eigenvalue weighted by molar-refractivity contribution is 0.410. The monoisotopic (exact) mass is 395 g/mol. The van der Waals surface area contributed by atoms with E-state index in [0.717, 1.165) is 28.0 Å². The van der Waals surface area contributed by atoms with E-state index >= 15 is 0 Å². The first kappa shape index (κ1) is 16.8. The predicted molar refractivity (Wildman–Crippen MR) is 96.7 cm³/mol. The summed E-state index contributed by atoms with van der Waals surface area (Å²) < 4.78 is 19.8. The molecule has 23 heavy (non-hydrogen) atoms. The number of methoxy groups -OCH3 is 1. The third-order valence-corrected chi connectivity index (χ3v) is 5.88. The number of thioether (sulfide) groups is 1. The van der Waals surface area contributed by atoms with Crippen molar-refractivity contribution in [3.63, 3.8) is 0 Å². The fraction of sp³-hybridized carbons (Fsp3) is 0.333. The van der Waals surface area contributed by atoms with Gasteiger partial charge >= 0.3 is 0 Å². The molecule has 3 rings (SSSR count). The molecule has 2 aromatic rings. The summed E-state index contributed by atoms with van der Waals surface area (Å²) in [4.78, 5) is 1.18. The molecule has 122 valence electrons. The molecular weight excluding hydrogens is 377 g/mol. The highest BCUT2D eigenvalue weighted by Crippen LogP contribution is 2.38. The van der Waals surface area contributed by atoms with Crippen molar-refractivity contribution in [3.05, 3.63) is 57.8 Å². The molecule has 0 fully saturated rings. The van der Waals surface area contributed by atoms with Gasteiger partial charge in [0.15, 0.2) is 0 Å². The molecule has 0 aromatic heterocycles. The molecule has 1 N–H and O–H groups in total. The van der Waals surface area contributed by atoms with Crippen molar-refractivity contribution in [1.82, 2.24) is 5.32 Å². The topological polar surface area (TPSA) is 21.3 Å². The summed E-state index contributed by atoms with van der Waals surface area (Å²) >= 11 is 5.33. The molecule has 2 aromatic carbocycles. The number of benzene rings is 2. The van der Waals surface area contributed by atoms with E-state index < -0.39 is 0 Å². The van der Waals surface area contributed by atoms with Crippen molar-refractivity contribution in [1.29, 1.82) is 0 Å². The van der Waals surface area contributed by atoms with Crippen LogP contribution in [0.4, 0.5) is 4.39 Å². The standard InChI is InChI=1S/C18H19BrFNOS/c1-11(12-3-5-17(22-2)15(19)9-12)21-16-7-8-23-18-6-4-13(20)10-14(16)18/h3-6,9-11,16,21H,7-8H2,1-2H3. The molecule has 0 spiro atoms. The molecule has 1 heterocycles. The van der Waals surface area contributed by atoms with Crippen LogP contribution >= 0.6 is 27.7 Å². The van der Waals surface area contributed by atoms with Crippen molar-refractivity contribution in [2.24, 2.45) is 0 Å². The Morgan fingerprint density at radius 3 is 2.87 bits per heavy atom. The number of rotatable bonds is 4. The second-order valence-electron chi connectivity index (χ2n) is 5.65. The normalized spacial score (nSPS) is 18.3. The molecule has 0 radical (unpaired) electrons. The highest BCUT2D eigenvalue weighted by Gasteiger charge is 2.23. The SMILES string of the molecule is COc1ccc(C(C)NC2CCSc3ccc(F)cc32)cc1Br. The Balaban J connectivity index is 1.80. The number of nitrogens with one attached hydrogen (secondary N) is 1. The Bertz CT molecular complexity index is 709. The van der Waals surface area contributed by atoms with Gasteiger partial charge in [-0.15, -0.1) is 11.8 Å². The van der Waals surface area contributed by atoms with Crippen LogP contribution in [-0.4, -0.2) is 12.9 Å². The second-order valence-corrected chi connectivity index (χ2v) is 7.65. The number of ether oxygens (including phenoxy) is 1. The maximum atomic E-state index is 13.6. The van der Waals surface area contributed by atoms with Gasteiger partial charge in [-0.3, -0.25) is 0 Å². The molecule has 2 unspecified atom stereocenters. The van der Waals surface area contributed by atoms with Crippen molar-refractivity contribution in [2.45, 2.75) is 30.3 Å². The van der Waals surface area contributed by atoms with Gasteiger partial charge in [0.2, 0.25) is 0 Å². The van der Waals surface area contributed by atoms with Crippen LogP contribution in [0, 0.1) is 5.82 Å². The average Bonchev–Trinajstić information content (AvgIpc) is 2.55. The first-order valence-electron chi connectivity index (χ1n) is 7.60. The third-order valence-electron chi connectivity index (χ3n) is 4.14. The molecule has 1 aliphatic heterocycles. The first-order valence-corrected chi connectivity index (χ1v) is 9.38. The molecule has 0 saturated heterocycles. The molecule has 0 bridgehead atoms. The van der Waals surface area contributed by atoms with Crippen LogP contribution < -0.4 is 10.1 Å². The minimum atomic E-state index is -0.169. The smallest absolute Gasteiger partial charge is 0.133 e. The van der Waals surface area contributed by atoms with Gasteiger partial charge in [0.25, 0.3) is 0 Å². The van der Waals surface area contributed by atoms with Crippen LogP contribution in [0.1, 0.15) is 36.6 Å². The molecule has 0 amide bonds. The molecule has 0 saturated carbocycles. The lowest BCUT2D eigenvalue weighted by atomic mass is 10.0. The zero-order valence-corrected chi connectivity index (χ0v) is 15.5. The van der Waals surface area contributed by atoms with Crippen LogP contribution in [0.5, 0.6) is 5.75 Å². The predicted octanol–water partition coefficient (Wildman–Crippen LogP) is 5.48. The summed E-state index contributed by atoms with van der Waals surface area (Å²) in [7, 11) is 1.66. The highest BCUT2D eigenvalue weighted by atomic mass is 79.9. The zero-order valence-electron chi connectivity index (χ0n) is 13.1. The van der Waals surface area contributed by atoms with E-state index in [9.17, 15) is 4.39 Å². The summed E-state index contributed by atoms with van der Waals surface area (Å²) in [5, 5.41) is 3.64. The van der Waals surface area contributed by atoms with Crippen LogP contribution in [0.15, 0.2) is 45.8 Å². The summed E-state index contributed by atoms with van der Waals surface area (Å²) in [6, 6.07) is 11.5. The van der Waals surface area contributed by atoms with E-state index in [2.05, 4.69) is 40.3 Å². The highest BCUT2D eigenvalue weighted by molar-refractivity contribution is 9.10. The Kier molecular flexibility index (Phi) is 5.29. The molecule has 0 aliphatic carbocycles. The average molecular weight is 396 g/mol. The van der Waals surface area contributed by atoms with Gasteiger partial charge in [-0.05, 0) is 76.5 Å². The Morgan fingerprint density at radius 1 is 1.30 bits per heavy atom. The lowest BCUT2D eigenvalue weighted by Gasteiger charge is -2.29. The van der Waals surface area contributed by atoms with E-state index in [1.165, 1.54) is 16.5 Å². The molecule has 2 nitrogen and oxygen atoms in total. The second kappa shape index (κ2) is 7.24. The Labute approximate surface area is 148 Å². The molecule has 2 atom stereocenters. The van der Waals surface area contributed by atoms with Gasteiger partial charge in [-0.1, -0.05) is 6.07 Å². The zero-order chi connectivity index (χ0) is 16.4. The van der Waals surface area contributed by atoms with Gasteiger partial charge in [0, 0.05) is 17.0 Å². The van der Waals surface area contributed by atoms with Gasteiger partial charge in [-0.25, -0.2) is 4.39 Å². The number of hydrogen-bond donors (Lipinski definition) is 1. The number of halogens is 2. The van der Waals surface area contributed by atoms with Crippen LogP contribution in [0.25, 0.3) is 0 Å². The van der Waals surface area contributed by atoms with Gasteiger partial charge in [-0.2, -0.15) is 0 Å². The fourth-order valence-corrected chi connectivity index (χ4v) is 4.55. The van der Waals surface area contributed by atoms with Gasteiger partial charge in [0.1, 0.15) is 11.6 Å². The Hall–Kier alpha value is -1.04. The van der Waals surface area contributed by atoms with E-state index in [1.807, 2.05) is 12.1 Å². The van der Waals surface area contributed by atoms with Crippen LogP contribution in [0.2, 0.25) is 0 Å². The van der Waals surface area contributed by atoms with Gasteiger partial charge in [0.05, 0.1) is 11.6 Å². The lowest BCUT2D eigenvalue weighted by Crippen LogP contribution is -2.27. The summed E-state index contributed by atoms with van der Waals surface area (Å²) in [6.07, 6.45) is 1.00. The van der Waals surface area contributed by atoms with Crippen molar-refractivity contribution >= 4 is 27.7 Å². The molecule has 5 heteroatoms. The van der Waals surface area contributed by atoms with E-state index in [1.54, 1.807) is 24.9 Å². The third kappa shape index (κ3) is 3.73. The van der Waals surface area contributed by atoms with E-state index in [4.69, 9.17) is 4.74 Å². The quantitative estimate of drug-likeness (QED) is 0.739. The van der Waals surface area contributed by atoms with Crippen molar-refractivity contribution < 1.29 is 9.13 Å². The van der Waals surface area contributed by atoms with Crippen LogP contribution in [-0.2, 0) is 0 Å². The van der Waals surface area contributed by atoms with Crippen molar-refractivity contribution in [2.75, 3.05) is 12.9 Å². The largest absolute Gasteiger partial charge is 0.496 e. The fourth-order valence-electron chi connectivity index (χ4n) is 2.89. The first-order chi connectivity index (χ1) is 11.1. The summed E-state index contributed by atoms with van der Waals surface area (Å²) in [5.41, 5.74) is 2.24. The maximum Gasteiger partial charge on any atom is 0.133 e. The van der Waals surface area contributed by atoms with E-state index in [0.29, 0.717) is 0 Å². The summed E-state index contributed by atoms with van der Waals surface area (Å²) in [5.74, 6) is 1.70. The van der Waals surface area contributed by atoms with Gasteiger partial charge < -0.3 is 10.1 Å². The summed E-state index contributed by atoms with van der Waals surface area (Å²) in [6.45, 7) is 2.13. The minimum absolute atomic E-state index is 0.168. The van der Waals surface area contributed by atoms with Crippen LogP contribution in [0.3, 0.4) is 0 Å².